The lowest BCUT2D eigenvalue weighted by Crippen LogP contribution is -2.53. The van der Waals surface area contributed by atoms with Crippen LogP contribution in [-0.2, 0) is 27.7 Å². The third-order valence-corrected chi connectivity index (χ3v) is 8.60. The van der Waals surface area contributed by atoms with Gasteiger partial charge in [0.2, 0.25) is 15.9 Å². The summed E-state index contributed by atoms with van der Waals surface area (Å²) in [5.74, 6) is -0.149. The van der Waals surface area contributed by atoms with Gasteiger partial charge < -0.3 is 5.32 Å². The van der Waals surface area contributed by atoms with Crippen LogP contribution in [-0.4, -0.2) is 61.8 Å². The van der Waals surface area contributed by atoms with E-state index in [1.807, 2.05) is 17.0 Å². The van der Waals surface area contributed by atoms with Crippen molar-refractivity contribution in [2.75, 3.05) is 32.7 Å². The van der Waals surface area contributed by atoms with Gasteiger partial charge in [-0.3, -0.25) is 9.69 Å². The molecule has 0 aromatic heterocycles. The molecule has 2 fully saturated rings. The molecular formula is C22H30N4O3S. The first-order chi connectivity index (χ1) is 14.4. The Hall–Kier alpha value is -1.95. The van der Waals surface area contributed by atoms with E-state index in [1.165, 1.54) is 16.3 Å². The Bertz CT molecular complexity index is 940. The minimum atomic E-state index is -3.52. The summed E-state index contributed by atoms with van der Waals surface area (Å²) in [5, 5.41) is 12.3. The van der Waals surface area contributed by atoms with Crippen LogP contribution >= 0.6 is 0 Å². The minimum absolute atomic E-state index is 0.149. The molecule has 8 heteroatoms. The molecule has 0 spiro atoms. The normalized spacial score (nSPS) is 22.2. The third kappa shape index (κ3) is 4.39. The molecule has 7 nitrogen and oxygen atoms in total. The van der Waals surface area contributed by atoms with Crippen molar-refractivity contribution in [2.45, 2.75) is 61.8 Å². The summed E-state index contributed by atoms with van der Waals surface area (Å²) in [6.07, 6.45) is 7.62. The van der Waals surface area contributed by atoms with Crippen LogP contribution < -0.4 is 5.32 Å². The average molecular weight is 431 g/mol. The Kier molecular flexibility index (Phi) is 6.14. The lowest BCUT2D eigenvalue weighted by Gasteiger charge is -2.34. The van der Waals surface area contributed by atoms with Gasteiger partial charge in [0, 0.05) is 26.2 Å². The minimum Gasteiger partial charge on any atom is -0.337 e. The van der Waals surface area contributed by atoms with Crippen LogP contribution in [0.25, 0.3) is 0 Å². The quantitative estimate of drug-likeness (QED) is 0.769. The second kappa shape index (κ2) is 8.66. The fraction of sp³-hybridized carbons (Fsp3) is 0.636. The van der Waals surface area contributed by atoms with Crippen molar-refractivity contribution in [3.8, 4) is 6.07 Å². The maximum absolute atomic E-state index is 13.1. The van der Waals surface area contributed by atoms with Gasteiger partial charge >= 0.3 is 0 Å². The summed E-state index contributed by atoms with van der Waals surface area (Å²) < 4.78 is 27.7. The van der Waals surface area contributed by atoms with Crippen molar-refractivity contribution in [3.05, 3.63) is 29.3 Å². The molecule has 1 aliphatic heterocycles. The number of hydrogen-bond donors (Lipinski definition) is 1. The van der Waals surface area contributed by atoms with Crippen molar-refractivity contribution >= 4 is 15.9 Å². The SMILES string of the molecule is N#CC1(NC(=O)CN2CCN(S(=O)(=O)c3ccc4c(c3)CCCC4)CC2)CCCC1. The monoisotopic (exact) mass is 430 g/mol. The number of fused-ring (bicyclic) bond motifs is 1. The maximum atomic E-state index is 13.1. The number of nitriles is 1. The first kappa shape index (κ1) is 21.3. The second-order valence-electron chi connectivity index (χ2n) is 8.77. The Morgan fingerprint density at radius 3 is 2.37 bits per heavy atom. The maximum Gasteiger partial charge on any atom is 0.243 e. The summed E-state index contributed by atoms with van der Waals surface area (Å²) in [5.41, 5.74) is 1.72. The van der Waals surface area contributed by atoms with Gasteiger partial charge in [-0.05, 0) is 74.6 Å². The van der Waals surface area contributed by atoms with Crippen molar-refractivity contribution in [1.29, 1.82) is 5.26 Å². The highest BCUT2D eigenvalue weighted by Crippen LogP contribution is 2.29. The zero-order chi connectivity index (χ0) is 21.2. The fourth-order valence-electron chi connectivity index (χ4n) is 4.90. The molecule has 1 aromatic carbocycles. The van der Waals surface area contributed by atoms with E-state index in [9.17, 15) is 18.5 Å². The number of hydrogen-bond acceptors (Lipinski definition) is 5. The third-order valence-electron chi connectivity index (χ3n) is 6.71. The fourth-order valence-corrected chi connectivity index (χ4v) is 6.37. The van der Waals surface area contributed by atoms with Crippen LogP contribution in [0.15, 0.2) is 23.1 Å². The number of nitrogens with zero attached hydrogens (tertiary/aromatic N) is 3. The molecule has 0 bridgehead atoms. The zero-order valence-electron chi connectivity index (χ0n) is 17.4. The highest BCUT2D eigenvalue weighted by atomic mass is 32.2. The Balaban J connectivity index is 1.34. The van der Waals surface area contributed by atoms with Crippen molar-refractivity contribution in [1.82, 2.24) is 14.5 Å². The number of carbonyl (C=O) groups excluding carboxylic acids is 1. The number of carbonyl (C=O) groups is 1. The molecule has 162 valence electrons. The van der Waals surface area contributed by atoms with E-state index < -0.39 is 15.6 Å². The molecule has 3 aliphatic rings. The molecule has 0 unspecified atom stereocenters. The Morgan fingerprint density at radius 2 is 1.70 bits per heavy atom. The van der Waals surface area contributed by atoms with E-state index in [0.717, 1.165) is 37.7 Å². The summed E-state index contributed by atoms with van der Waals surface area (Å²) >= 11 is 0. The standard InChI is InChI=1S/C22H30N4O3S/c23-17-22(9-3-4-10-22)24-21(27)16-25-11-13-26(14-12-25)30(28,29)20-8-7-18-5-1-2-6-19(18)15-20/h7-8,15H,1-6,9-14,16H2,(H,24,27). The van der Waals surface area contributed by atoms with Crippen molar-refractivity contribution in [2.24, 2.45) is 0 Å². The zero-order valence-corrected chi connectivity index (χ0v) is 18.2. The number of benzene rings is 1. The Morgan fingerprint density at radius 1 is 1.03 bits per heavy atom. The van der Waals surface area contributed by atoms with E-state index in [1.54, 1.807) is 6.07 Å². The van der Waals surface area contributed by atoms with Gasteiger partial charge in [-0.25, -0.2) is 8.42 Å². The summed E-state index contributed by atoms with van der Waals surface area (Å²) in [7, 11) is -3.52. The second-order valence-corrected chi connectivity index (χ2v) is 10.7. The van der Waals surface area contributed by atoms with Gasteiger partial charge in [-0.1, -0.05) is 6.07 Å². The topological polar surface area (TPSA) is 93.5 Å². The van der Waals surface area contributed by atoms with E-state index in [-0.39, 0.29) is 12.5 Å². The molecule has 1 amide bonds. The van der Waals surface area contributed by atoms with E-state index >= 15 is 0 Å². The number of nitrogens with one attached hydrogen (secondary N) is 1. The summed E-state index contributed by atoms with van der Waals surface area (Å²) in [4.78, 5) is 14.8. The van der Waals surface area contributed by atoms with E-state index in [2.05, 4.69) is 11.4 Å². The van der Waals surface area contributed by atoms with Gasteiger partial charge in [-0.15, -0.1) is 0 Å². The number of sulfonamides is 1. The number of rotatable bonds is 5. The molecule has 1 saturated heterocycles. The molecule has 30 heavy (non-hydrogen) atoms. The van der Waals surface area contributed by atoms with Gasteiger partial charge in [0.15, 0.2) is 0 Å². The Labute approximate surface area is 179 Å². The smallest absolute Gasteiger partial charge is 0.243 e. The molecule has 0 atom stereocenters. The highest BCUT2D eigenvalue weighted by Gasteiger charge is 2.36. The first-order valence-electron chi connectivity index (χ1n) is 11.0. The van der Waals surface area contributed by atoms with Crippen LogP contribution in [0.2, 0.25) is 0 Å². The predicted molar refractivity (Wildman–Crippen MR) is 113 cm³/mol. The number of amides is 1. The first-order valence-corrected chi connectivity index (χ1v) is 12.4. The van der Waals surface area contributed by atoms with Crippen LogP contribution in [0, 0.1) is 11.3 Å². The van der Waals surface area contributed by atoms with Crippen molar-refractivity contribution in [3.63, 3.8) is 0 Å². The van der Waals surface area contributed by atoms with Gasteiger partial charge in [0.1, 0.15) is 5.54 Å². The van der Waals surface area contributed by atoms with Crippen LogP contribution in [0.4, 0.5) is 0 Å². The van der Waals surface area contributed by atoms with Gasteiger partial charge in [0.05, 0.1) is 17.5 Å². The van der Waals surface area contributed by atoms with Gasteiger partial charge in [0.25, 0.3) is 0 Å². The molecule has 4 rings (SSSR count). The number of piperazine rings is 1. The molecule has 2 aliphatic carbocycles. The van der Waals surface area contributed by atoms with E-state index in [0.29, 0.717) is 43.9 Å². The molecule has 1 N–H and O–H groups in total. The predicted octanol–water partition coefficient (Wildman–Crippen LogP) is 1.82. The summed E-state index contributed by atoms with van der Waals surface area (Å²) in [6, 6.07) is 7.83. The number of aryl methyl sites for hydroxylation is 2. The average Bonchev–Trinajstić information content (AvgIpc) is 3.22. The van der Waals surface area contributed by atoms with Crippen LogP contribution in [0.5, 0.6) is 0 Å². The van der Waals surface area contributed by atoms with E-state index in [4.69, 9.17) is 0 Å². The lowest BCUT2D eigenvalue weighted by atomic mass is 9.92. The largest absolute Gasteiger partial charge is 0.337 e. The molecule has 1 aromatic rings. The molecule has 1 saturated carbocycles. The van der Waals surface area contributed by atoms with Crippen LogP contribution in [0.3, 0.4) is 0 Å². The highest BCUT2D eigenvalue weighted by molar-refractivity contribution is 7.89. The molecule has 0 radical (unpaired) electrons. The van der Waals surface area contributed by atoms with Crippen LogP contribution in [0.1, 0.15) is 49.7 Å². The lowest BCUT2D eigenvalue weighted by molar-refractivity contribution is -0.123. The van der Waals surface area contributed by atoms with Crippen molar-refractivity contribution < 1.29 is 13.2 Å². The molecular weight excluding hydrogens is 400 g/mol. The van der Waals surface area contributed by atoms with Gasteiger partial charge in [-0.2, -0.15) is 9.57 Å². The summed E-state index contributed by atoms with van der Waals surface area (Å²) in [6.45, 7) is 1.97. The molecule has 1 heterocycles.